The molecule has 2 rings (SSSR count). The third kappa shape index (κ3) is 6.32. The third-order valence-electron chi connectivity index (χ3n) is 3.69. The maximum atomic E-state index is 13.0. The van der Waals surface area contributed by atoms with Gasteiger partial charge in [0.05, 0.1) is 20.8 Å². The fraction of sp³-hybridized carbons (Fsp3) is 0.316. The van der Waals surface area contributed by atoms with Crippen LogP contribution < -0.4 is 24.8 Å². The molecule has 0 aliphatic rings. The van der Waals surface area contributed by atoms with Gasteiger partial charge in [-0.05, 0) is 36.2 Å². The molecule has 0 atom stereocenters. The first-order chi connectivity index (χ1) is 13.0. The number of rotatable bonds is 9. The molecule has 0 unspecified atom stereocenters. The molecule has 2 N–H and O–H groups in total. The largest absolute Gasteiger partial charge is 0.493 e. The summed E-state index contributed by atoms with van der Waals surface area (Å²) in [6, 6.07) is 8.48. The van der Waals surface area contributed by atoms with Crippen LogP contribution >= 0.6 is 0 Å². The SMILES string of the molecule is COc1ccc(CCNC(=O)NCCOc2ccc(F)c(F)c2)cc1OC. The number of methoxy groups -OCH3 is 2. The normalized spacial score (nSPS) is 10.2. The van der Waals surface area contributed by atoms with Crippen molar-refractivity contribution in [1.82, 2.24) is 10.6 Å². The van der Waals surface area contributed by atoms with Crippen molar-refractivity contribution in [3.63, 3.8) is 0 Å². The predicted octanol–water partition coefficient (Wildman–Crippen LogP) is 2.90. The minimum absolute atomic E-state index is 0.133. The van der Waals surface area contributed by atoms with Gasteiger partial charge in [-0.3, -0.25) is 0 Å². The topological polar surface area (TPSA) is 68.8 Å². The molecule has 0 spiro atoms. The highest BCUT2D eigenvalue weighted by molar-refractivity contribution is 5.73. The summed E-state index contributed by atoms with van der Waals surface area (Å²) in [6.07, 6.45) is 0.624. The van der Waals surface area contributed by atoms with E-state index in [-0.39, 0.29) is 24.9 Å². The lowest BCUT2D eigenvalue weighted by molar-refractivity contribution is 0.236. The summed E-state index contributed by atoms with van der Waals surface area (Å²) in [6.45, 7) is 0.792. The lowest BCUT2D eigenvalue weighted by Gasteiger charge is -2.11. The number of ether oxygens (including phenoxy) is 3. The van der Waals surface area contributed by atoms with Gasteiger partial charge in [-0.15, -0.1) is 0 Å². The van der Waals surface area contributed by atoms with Crippen LogP contribution in [0.1, 0.15) is 5.56 Å². The summed E-state index contributed by atoms with van der Waals surface area (Å²) >= 11 is 0. The zero-order chi connectivity index (χ0) is 19.6. The van der Waals surface area contributed by atoms with Crippen LogP contribution in [0.2, 0.25) is 0 Å². The summed E-state index contributed by atoms with van der Waals surface area (Å²) in [4.78, 5) is 11.7. The lowest BCUT2D eigenvalue weighted by Crippen LogP contribution is -2.38. The summed E-state index contributed by atoms with van der Waals surface area (Å²) in [5.41, 5.74) is 0.995. The van der Waals surface area contributed by atoms with Gasteiger partial charge in [-0.25, -0.2) is 13.6 Å². The first-order valence-corrected chi connectivity index (χ1v) is 8.34. The number of halogens is 2. The molecular weight excluding hydrogens is 358 g/mol. The molecule has 0 heterocycles. The maximum absolute atomic E-state index is 13.0. The molecule has 8 heteroatoms. The van der Waals surface area contributed by atoms with E-state index in [1.807, 2.05) is 18.2 Å². The van der Waals surface area contributed by atoms with E-state index in [0.717, 1.165) is 17.7 Å². The number of nitrogens with one attached hydrogen (secondary N) is 2. The first kappa shape index (κ1) is 20.3. The van der Waals surface area contributed by atoms with Crippen molar-refractivity contribution in [2.75, 3.05) is 33.9 Å². The number of carbonyl (C=O) groups is 1. The van der Waals surface area contributed by atoms with Crippen molar-refractivity contribution in [2.24, 2.45) is 0 Å². The van der Waals surface area contributed by atoms with Gasteiger partial charge in [0.15, 0.2) is 23.1 Å². The Bertz CT molecular complexity index is 771. The van der Waals surface area contributed by atoms with Gasteiger partial charge < -0.3 is 24.8 Å². The average Bonchev–Trinajstić information content (AvgIpc) is 2.67. The number of amides is 2. The Morgan fingerprint density at radius 1 is 0.926 bits per heavy atom. The Labute approximate surface area is 156 Å². The zero-order valence-electron chi connectivity index (χ0n) is 15.2. The molecule has 0 saturated heterocycles. The van der Waals surface area contributed by atoms with Crippen molar-refractivity contribution in [3.8, 4) is 17.2 Å². The Balaban J connectivity index is 1.65. The average molecular weight is 380 g/mol. The van der Waals surface area contributed by atoms with Gasteiger partial charge in [-0.2, -0.15) is 0 Å². The maximum Gasteiger partial charge on any atom is 0.314 e. The second kappa shape index (κ2) is 10.2. The molecule has 6 nitrogen and oxygen atoms in total. The van der Waals surface area contributed by atoms with Gasteiger partial charge in [-0.1, -0.05) is 6.07 Å². The van der Waals surface area contributed by atoms with Gasteiger partial charge in [0, 0.05) is 12.6 Å². The zero-order valence-corrected chi connectivity index (χ0v) is 15.2. The molecule has 2 amide bonds. The quantitative estimate of drug-likeness (QED) is 0.657. The van der Waals surface area contributed by atoms with E-state index in [2.05, 4.69) is 10.6 Å². The first-order valence-electron chi connectivity index (χ1n) is 8.34. The van der Waals surface area contributed by atoms with Crippen LogP contribution in [0.25, 0.3) is 0 Å². The summed E-state index contributed by atoms with van der Waals surface area (Å²) in [7, 11) is 3.13. The smallest absolute Gasteiger partial charge is 0.314 e. The molecule has 0 aliphatic heterocycles. The monoisotopic (exact) mass is 380 g/mol. The minimum atomic E-state index is -0.978. The van der Waals surface area contributed by atoms with Crippen molar-refractivity contribution in [3.05, 3.63) is 53.6 Å². The predicted molar refractivity (Wildman–Crippen MR) is 96.5 cm³/mol. The summed E-state index contributed by atoms with van der Waals surface area (Å²) < 4.78 is 41.5. The van der Waals surface area contributed by atoms with E-state index < -0.39 is 11.6 Å². The molecule has 0 bridgehead atoms. The van der Waals surface area contributed by atoms with E-state index in [9.17, 15) is 13.6 Å². The number of hydrogen-bond donors (Lipinski definition) is 2. The van der Waals surface area contributed by atoms with E-state index in [4.69, 9.17) is 14.2 Å². The summed E-state index contributed by atoms with van der Waals surface area (Å²) in [5, 5.41) is 5.34. The number of carbonyl (C=O) groups excluding carboxylic acids is 1. The number of urea groups is 1. The molecule has 0 aliphatic carbocycles. The second-order valence-corrected chi connectivity index (χ2v) is 5.55. The van der Waals surface area contributed by atoms with Crippen LogP contribution in [0.15, 0.2) is 36.4 Å². The van der Waals surface area contributed by atoms with E-state index in [0.29, 0.717) is 24.5 Å². The Morgan fingerprint density at radius 3 is 2.37 bits per heavy atom. The Kier molecular flexibility index (Phi) is 7.66. The van der Waals surface area contributed by atoms with Crippen LogP contribution in [0.3, 0.4) is 0 Å². The molecule has 27 heavy (non-hydrogen) atoms. The van der Waals surface area contributed by atoms with Crippen molar-refractivity contribution < 1.29 is 27.8 Å². The molecule has 0 fully saturated rings. The third-order valence-corrected chi connectivity index (χ3v) is 3.69. The molecule has 2 aromatic rings. The van der Waals surface area contributed by atoms with Crippen LogP contribution in [0.4, 0.5) is 13.6 Å². The molecule has 0 aromatic heterocycles. The number of hydrogen-bond acceptors (Lipinski definition) is 4. The van der Waals surface area contributed by atoms with E-state index in [1.54, 1.807) is 14.2 Å². The standard InChI is InChI=1S/C19H22F2N2O4/c1-25-17-6-3-13(11-18(17)26-2)7-8-22-19(24)23-9-10-27-14-4-5-15(20)16(21)12-14/h3-6,11-12H,7-10H2,1-2H3,(H2,22,23,24). The van der Waals surface area contributed by atoms with Gasteiger partial charge in [0.1, 0.15) is 12.4 Å². The van der Waals surface area contributed by atoms with Gasteiger partial charge >= 0.3 is 6.03 Å². The highest BCUT2D eigenvalue weighted by Crippen LogP contribution is 2.27. The fourth-order valence-electron chi connectivity index (χ4n) is 2.32. The van der Waals surface area contributed by atoms with Crippen LogP contribution in [0, 0.1) is 11.6 Å². The van der Waals surface area contributed by atoms with Crippen molar-refractivity contribution >= 4 is 6.03 Å². The molecule has 0 saturated carbocycles. The molecular formula is C19H22F2N2O4. The van der Waals surface area contributed by atoms with Crippen LogP contribution in [0.5, 0.6) is 17.2 Å². The summed E-state index contributed by atoms with van der Waals surface area (Å²) in [5.74, 6) is -0.436. The molecule has 2 aromatic carbocycles. The molecule has 0 radical (unpaired) electrons. The molecule has 146 valence electrons. The Morgan fingerprint density at radius 2 is 1.67 bits per heavy atom. The number of benzene rings is 2. The van der Waals surface area contributed by atoms with Crippen LogP contribution in [-0.4, -0.2) is 39.9 Å². The van der Waals surface area contributed by atoms with Gasteiger partial charge in [0.25, 0.3) is 0 Å². The highest BCUT2D eigenvalue weighted by Gasteiger charge is 2.06. The van der Waals surface area contributed by atoms with Crippen molar-refractivity contribution in [2.45, 2.75) is 6.42 Å². The van der Waals surface area contributed by atoms with E-state index in [1.165, 1.54) is 6.07 Å². The van der Waals surface area contributed by atoms with Crippen molar-refractivity contribution in [1.29, 1.82) is 0 Å². The van der Waals surface area contributed by atoms with Gasteiger partial charge in [0.2, 0.25) is 0 Å². The fourth-order valence-corrected chi connectivity index (χ4v) is 2.32. The Hall–Kier alpha value is -3.03. The lowest BCUT2D eigenvalue weighted by atomic mass is 10.1. The minimum Gasteiger partial charge on any atom is -0.493 e. The highest BCUT2D eigenvalue weighted by atomic mass is 19.2. The van der Waals surface area contributed by atoms with E-state index >= 15 is 0 Å². The van der Waals surface area contributed by atoms with Crippen LogP contribution in [-0.2, 0) is 6.42 Å². The second-order valence-electron chi connectivity index (χ2n) is 5.55.